The number of fused-ring (bicyclic) bond motifs is 1. The zero-order chi connectivity index (χ0) is 23.7. The lowest BCUT2D eigenvalue weighted by Gasteiger charge is -2.29. The van der Waals surface area contributed by atoms with Crippen LogP contribution >= 0.6 is 0 Å². The van der Waals surface area contributed by atoms with Crippen LogP contribution in [0.2, 0.25) is 0 Å². The topological polar surface area (TPSA) is 88.0 Å². The molecule has 8 nitrogen and oxygen atoms in total. The molecule has 2 aliphatic rings. The molecule has 2 N–H and O–H groups in total. The highest BCUT2D eigenvalue weighted by Crippen LogP contribution is 2.35. The molecule has 0 bridgehead atoms. The Labute approximate surface area is 186 Å². The van der Waals surface area contributed by atoms with Crippen molar-refractivity contribution in [2.45, 2.75) is 45.0 Å². The van der Waals surface area contributed by atoms with Crippen LogP contribution in [0.25, 0.3) is 11.0 Å². The highest BCUT2D eigenvalue weighted by Gasteiger charge is 2.25. The molecule has 31 heavy (non-hydrogen) atoms. The molecule has 3 aromatic rings. The summed E-state index contributed by atoms with van der Waals surface area (Å²) in [6, 6.07) is 5.80. The van der Waals surface area contributed by atoms with Crippen molar-refractivity contribution in [3.63, 3.8) is 0 Å². The fraction of sp³-hybridized carbons (Fsp3) is 0.478. The summed E-state index contributed by atoms with van der Waals surface area (Å²) in [6.07, 6.45) is 7.08. The Morgan fingerprint density at radius 2 is 2.06 bits per heavy atom. The summed E-state index contributed by atoms with van der Waals surface area (Å²) < 4.78 is 24.5. The minimum Gasteiger partial charge on any atom is -0.368 e. The van der Waals surface area contributed by atoms with Crippen molar-refractivity contribution in [1.82, 2.24) is 24.8 Å². The first kappa shape index (κ1) is 16.7. The van der Waals surface area contributed by atoms with Gasteiger partial charge in [-0.05, 0) is 31.0 Å². The number of rotatable bonds is 6. The molecule has 162 valence electrons. The Morgan fingerprint density at radius 1 is 1.23 bits per heavy atom. The maximum absolute atomic E-state index is 12.9. The number of nitrogens with zero attached hydrogens (tertiary/aromatic N) is 5. The molecular formula is C23H29N7O. The molecule has 0 unspecified atom stereocenters. The van der Waals surface area contributed by atoms with Crippen LogP contribution < -0.4 is 15.5 Å². The molecule has 0 radical (unpaired) electrons. The summed E-state index contributed by atoms with van der Waals surface area (Å²) in [5, 5.41) is 7.24. The van der Waals surface area contributed by atoms with Crippen LogP contribution in [0.4, 0.5) is 17.5 Å². The number of carbonyl (C=O) groups excluding carboxylic acids is 1. The number of piperazine rings is 1. The maximum atomic E-state index is 12.9. The van der Waals surface area contributed by atoms with Gasteiger partial charge in [0.05, 0.1) is 17.6 Å². The van der Waals surface area contributed by atoms with Crippen LogP contribution in [-0.2, 0) is 0 Å². The van der Waals surface area contributed by atoms with E-state index < -0.39 is 13.3 Å². The lowest BCUT2D eigenvalue weighted by Crippen LogP contribution is -2.43. The van der Waals surface area contributed by atoms with Crippen LogP contribution in [0.15, 0.2) is 30.6 Å². The van der Waals surface area contributed by atoms with Crippen LogP contribution in [-0.4, -0.2) is 51.5 Å². The molecule has 0 amide bonds. The zero-order valence-electron chi connectivity index (χ0n) is 20.5. The third-order valence-corrected chi connectivity index (χ3v) is 6.18. The van der Waals surface area contributed by atoms with Gasteiger partial charge in [0, 0.05) is 54.3 Å². The smallest absolute Gasteiger partial charge is 0.230 e. The van der Waals surface area contributed by atoms with Gasteiger partial charge in [0.25, 0.3) is 0 Å². The molecular weight excluding hydrogens is 390 g/mol. The summed E-state index contributed by atoms with van der Waals surface area (Å²) in [6.45, 7) is 1.52. The van der Waals surface area contributed by atoms with Crippen molar-refractivity contribution in [3.05, 3.63) is 36.3 Å². The lowest BCUT2D eigenvalue weighted by molar-refractivity contribution is 0.0977. The molecule has 2 fully saturated rings. The fourth-order valence-corrected chi connectivity index (χ4v) is 4.59. The summed E-state index contributed by atoms with van der Waals surface area (Å²) in [5.74, 6) is 0.641. The second kappa shape index (κ2) is 8.63. The monoisotopic (exact) mass is 422 g/mol. The lowest BCUT2D eigenvalue weighted by atomic mass is 10.2. The zero-order valence-corrected chi connectivity index (χ0v) is 17.5. The van der Waals surface area contributed by atoms with E-state index in [0.29, 0.717) is 23.1 Å². The van der Waals surface area contributed by atoms with Crippen LogP contribution in [0.5, 0.6) is 0 Å². The van der Waals surface area contributed by atoms with Crippen molar-refractivity contribution in [3.8, 4) is 0 Å². The minimum atomic E-state index is -2.31. The molecule has 1 saturated heterocycles. The number of carbonyl (C=O) groups is 1. The standard InChI is InChI=1S/C23H29N7O/c1-2-20(31)19-13-16-14-26-23(28-22(16)30(19)17-5-3-4-6-17)27-21-8-7-18(15-25-21)29-11-9-24-10-12-29/h7-8,13-15,17,24H,2-6,9-12H2,1H3,(H,25,26,27,28)/i1D3. The van der Waals surface area contributed by atoms with Gasteiger partial charge in [-0.1, -0.05) is 19.7 Å². The molecule has 1 aliphatic carbocycles. The van der Waals surface area contributed by atoms with E-state index in [0.717, 1.165) is 62.9 Å². The van der Waals surface area contributed by atoms with E-state index in [9.17, 15) is 4.79 Å². The van der Waals surface area contributed by atoms with E-state index in [2.05, 4.69) is 25.5 Å². The van der Waals surface area contributed by atoms with E-state index in [1.165, 1.54) is 0 Å². The van der Waals surface area contributed by atoms with Gasteiger partial charge in [0.1, 0.15) is 11.5 Å². The van der Waals surface area contributed by atoms with E-state index in [1.54, 1.807) is 12.3 Å². The number of aromatic nitrogens is 4. The largest absolute Gasteiger partial charge is 0.368 e. The summed E-state index contributed by atoms with van der Waals surface area (Å²) in [7, 11) is 0. The normalized spacial score (nSPS) is 19.2. The third kappa shape index (κ3) is 3.99. The van der Waals surface area contributed by atoms with Crippen molar-refractivity contribution >= 4 is 34.3 Å². The minimum absolute atomic E-state index is 0.132. The van der Waals surface area contributed by atoms with Gasteiger partial charge < -0.3 is 20.1 Å². The number of pyridine rings is 1. The number of Topliss-reactive ketones (excluding diaryl/α,β-unsaturated/α-hetero) is 1. The third-order valence-electron chi connectivity index (χ3n) is 6.18. The second-order valence-electron chi connectivity index (χ2n) is 8.17. The average Bonchev–Trinajstić information content (AvgIpc) is 3.46. The summed E-state index contributed by atoms with van der Waals surface area (Å²) in [5.41, 5.74) is 2.13. The number of hydrogen-bond donors (Lipinski definition) is 2. The Bertz CT molecular complexity index is 1160. The molecule has 0 atom stereocenters. The molecule has 4 heterocycles. The van der Waals surface area contributed by atoms with Gasteiger partial charge in [-0.3, -0.25) is 4.79 Å². The Hall–Kier alpha value is -3.00. The van der Waals surface area contributed by atoms with Gasteiger partial charge in [0.15, 0.2) is 5.78 Å². The molecule has 0 spiro atoms. The first-order valence-electron chi connectivity index (χ1n) is 12.5. The second-order valence-corrected chi connectivity index (χ2v) is 8.17. The number of anilines is 3. The van der Waals surface area contributed by atoms with Crippen molar-refractivity contribution in [2.75, 3.05) is 36.4 Å². The molecule has 5 rings (SSSR count). The molecule has 1 saturated carbocycles. The van der Waals surface area contributed by atoms with E-state index in [-0.39, 0.29) is 11.8 Å². The Balaban J connectivity index is 1.43. The molecule has 3 aromatic heterocycles. The summed E-state index contributed by atoms with van der Waals surface area (Å²) in [4.78, 5) is 28.8. The first-order valence-corrected chi connectivity index (χ1v) is 11.0. The van der Waals surface area contributed by atoms with Gasteiger partial charge in [-0.2, -0.15) is 4.98 Å². The average molecular weight is 423 g/mol. The highest BCUT2D eigenvalue weighted by molar-refractivity contribution is 5.99. The first-order chi connectivity index (χ1) is 16.4. The highest BCUT2D eigenvalue weighted by atomic mass is 16.1. The molecule has 0 aromatic carbocycles. The van der Waals surface area contributed by atoms with Crippen LogP contribution in [0.1, 0.15) is 59.6 Å². The Morgan fingerprint density at radius 3 is 2.81 bits per heavy atom. The predicted octanol–water partition coefficient (Wildman–Crippen LogP) is 3.69. The van der Waals surface area contributed by atoms with E-state index >= 15 is 0 Å². The van der Waals surface area contributed by atoms with Gasteiger partial charge in [0.2, 0.25) is 5.95 Å². The molecule has 1 aliphatic heterocycles. The number of ketones is 1. The Kier molecular flexibility index (Phi) is 4.64. The fourth-order valence-electron chi connectivity index (χ4n) is 4.59. The molecule has 8 heteroatoms. The number of hydrogen-bond acceptors (Lipinski definition) is 7. The predicted molar refractivity (Wildman–Crippen MR) is 122 cm³/mol. The van der Waals surface area contributed by atoms with Crippen LogP contribution in [0, 0.1) is 0 Å². The van der Waals surface area contributed by atoms with Crippen molar-refractivity contribution < 1.29 is 8.91 Å². The van der Waals surface area contributed by atoms with E-state index in [1.807, 2.05) is 22.9 Å². The maximum Gasteiger partial charge on any atom is 0.230 e. The quantitative estimate of drug-likeness (QED) is 0.586. The van der Waals surface area contributed by atoms with Crippen LogP contribution in [0.3, 0.4) is 0 Å². The summed E-state index contributed by atoms with van der Waals surface area (Å²) >= 11 is 0. The van der Waals surface area contributed by atoms with Gasteiger partial charge in [-0.15, -0.1) is 0 Å². The van der Waals surface area contributed by atoms with Crippen molar-refractivity contribution in [1.29, 1.82) is 0 Å². The van der Waals surface area contributed by atoms with Gasteiger partial charge in [-0.25, -0.2) is 9.97 Å². The number of nitrogens with one attached hydrogen (secondary N) is 2. The van der Waals surface area contributed by atoms with Crippen molar-refractivity contribution in [2.24, 2.45) is 0 Å². The van der Waals surface area contributed by atoms with Gasteiger partial charge >= 0.3 is 0 Å². The SMILES string of the molecule is [2H]C([2H])([2H])CC(=O)c1cc2cnc(Nc3ccc(N4CCNCC4)cn3)nc2n1C1CCCC1. The van der Waals surface area contributed by atoms with E-state index in [4.69, 9.17) is 9.10 Å².